The number of nitrogens with zero attached hydrogens (tertiary/aromatic N) is 2. The van der Waals surface area contributed by atoms with Crippen molar-refractivity contribution in [3.05, 3.63) is 193 Å². The predicted molar refractivity (Wildman–Crippen MR) is 216 cm³/mol. The van der Waals surface area contributed by atoms with Gasteiger partial charge in [0.25, 0.3) is 0 Å². The number of hydrogen-bond acceptors (Lipinski definition) is 3. The summed E-state index contributed by atoms with van der Waals surface area (Å²) in [6.45, 7) is 4.72. The van der Waals surface area contributed by atoms with E-state index in [1.165, 1.54) is 38.7 Å². The lowest BCUT2D eigenvalue weighted by molar-refractivity contribution is 0.473. The second-order valence-corrected chi connectivity index (χ2v) is 14.2. The third kappa shape index (κ3) is 4.66. The van der Waals surface area contributed by atoms with Crippen molar-refractivity contribution in [3.8, 4) is 33.8 Å². The number of ether oxygens (including phenoxy) is 1. The molecule has 0 fully saturated rings. The lowest BCUT2D eigenvalue weighted by Crippen LogP contribution is -2.34. The van der Waals surface area contributed by atoms with Gasteiger partial charge in [0, 0.05) is 27.9 Å². The molecule has 0 unspecified atom stereocenters. The molecule has 0 amide bonds. The molecule has 8 aromatic rings. The van der Waals surface area contributed by atoms with Gasteiger partial charge in [0.2, 0.25) is 0 Å². The normalized spacial score (nSPS) is 13.5. The molecule has 0 saturated carbocycles. The number of benzene rings is 8. The highest BCUT2D eigenvalue weighted by molar-refractivity contribution is 6.00. The van der Waals surface area contributed by atoms with Gasteiger partial charge in [-0.2, -0.15) is 0 Å². The van der Waals surface area contributed by atoms with Gasteiger partial charge in [-0.15, -0.1) is 0 Å². The third-order valence-corrected chi connectivity index (χ3v) is 10.8. The van der Waals surface area contributed by atoms with E-state index in [-0.39, 0.29) is 5.41 Å². The van der Waals surface area contributed by atoms with E-state index < -0.39 is 0 Å². The fraction of sp³-hybridized carbons (Fsp3) is 0.0612. The molecule has 0 atom stereocenters. The minimum Gasteiger partial charge on any atom is -0.452 e. The molecule has 8 aromatic carbocycles. The Labute approximate surface area is 304 Å². The Morgan fingerprint density at radius 1 is 0.500 bits per heavy atom. The van der Waals surface area contributed by atoms with Crippen molar-refractivity contribution in [1.29, 1.82) is 0 Å². The summed E-state index contributed by atoms with van der Waals surface area (Å²) in [5.41, 5.74) is 13.3. The zero-order valence-corrected chi connectivity index (χ0v) is 29.1. The average molecular weight is 669 g/mol. The van der Waals surface area contributed by atoms with E-state index in [2.05, 4.69) is 206 Å². The molecular weight excluding hydrogens is 633 g/mol. The first kappa shape index (κ1) is 30.3. The second kappa shape index (κ2) is 11.8. The first-order chi connectivity index (χ1) is 25.6. The number of para-hydroxylation sites is 2. The van der Waals surface area contributed by atoms with Crippen LogP contribution in [0.4, 0.5) is 34.1 Å². The minimum atomic E-state index is -0.363. The zero-order valence-electron chi connectivity index (χ0n) is 29.1. The summed E-state index contributed by atoms with van der Waals surface area (Å²) in [4.78, 5) is 4.89. The first-order valence-electron chi connectivity index (χ1n) is 17.9. The molecule has 3 nitrogen and oxygen atoms in total. The van der Waals surface area contributed by atoms with Gasteiger partial charge >= 0.3 is 0 Å². The standard InChI is InChI=1S/C49H36N2O/c1-49(2)41-24-11-12-25-42(41)51-44-26-14-23-40(35-18-7-4-8-19-35)48(44)52-45-30-29-43(46(49)47(45)51)50(39-28-27-34-17-9-10-20-36(34)32-39)38-22-13-21-37(31-38)33-15-5-3-6-16-33/h3-32H,1-2H3. The summed E-state index contributed by atoms with van der Waals surface area (Å²) in [7, 11) is 0. The van der Waals surface area contributed by atoms with Gasteiger partial charge in [-0.1, -0.05) is 147 Å². The minimum absolute atomic E-state index is 0.363. The molecule has 2 aliphatic heterocycles. The van der Waals surface area contributed by atoms with E-state index >= 15 is 0 Å². The van der Waals surface area contributed by atoms with E-state index in [9.17, 15) is 0 Å². The maximum atomic E-state index is 7.04. The van der Waals surface area contributed by atoms with Gasteiger partial charge in [0.05, 0.1) is 22.7 Å². The molecule has 248 valence electrons. The molecule has 10 rings (SSSR count). The Hall–Kier alpha value is -6.58. The smallest absolute Gasteiger partial charge is 0.159 e. The van der Waals surface area contributed by atoms with E-state index in [0.29, 0.717) is 0 Å². The Morgan fingerprint density at radius 2 is 1.15 bits per heavy atom. The molecule has 3 heteroatoms. The first-order valence-corrected chi connectivity index (χ1v) is 17.9. The van der Waals surface area contributed by atoms with Crippen LogP contribution in [0.15, 0.2) is 182 Å². The molecule has 0 spiro atoms. The van der Waals surface area contributed by atoms with Gasteiger partial charge < -0.3 is 14.5 Å². The molecule has 0 saturated heterocycles. The Balaban J connectivity index is 1.25. The second-order valence-electron chi connectivity index (χ2n) is 14.2. The largest absolute Gasteiger partial charge is 0.452 e. The molecule has 0 bridgehead atoms. The fourth-order valence-corrected chi connectivity index (χ4v) is 8.33. The summed E-state index contributed by atoms with van der Waals surface area (Å²) in [5, 5.41) is 2.42. The number of anilines is 6. The lowest BCUT2D eigenvalue weighted by Gasteiger charge is -2.47. The van der Waals surface area contributed by atoms with Crippen LogP contribution in [0.3, 0.4) is 0 Å². The SMILES string of the molecule is CC1(C)c2ccccc2N2c3cccc(-c4ccccc4)c3Oc3ccc(N(c4cccc(-c5ccccc5)c4)c4ccc5ccccc5c4)c1c32. The zero-order chi connectivity index (χ0) is 34.8. The average Bonchev–Trinajstić information content (AvgIpc) is 3.20. The molecule has 52 heavy (non-hydrogen) atoms. The Kier molecular flexibility index (Phi) is 6.84. The van der Waals surface area contributed by atoms with Crippen LogP contribution in [0, 0.1) is 0 Å². The fourth-order valence-electron chi connectivity index (χ4n) is 8.33. The maximum Gasteiger partial charge on any atom is 0.159 e. The summed E-state index contributed by atoms with van der Waals surface area (Å²) in [6.07, 6.45) is 0. The summed E-state index contributed by atoms with van der Waals surface area (Å²) >= 11 is 0. The molecule has 0 N–H and O–H groups in total. The number of fused-ring (bicyclic) bond motifs is 5. The molecule has 0 radical (unpaired) electrons. The van der Waals surface area contributed by atoms with E-state index in [0.717, 1.165) is 51.1 Å². The van der Waals surface area contributed by atoms with Crippen molar-refractivity contribution in [3.63, 3.8) is 0 Å². The topological polar surface area (TPSA) is 15.7 Å². The van der Waals surface area contributed by atoms with Crippen LogP contribution in [0.5, 0.6) is 11.5 Å². The van der Waals surface area contributed by atoms with Gasteiger partial charge in [-0.05, 0) is 81.6 Å². The molecule has 0 aromatic heterocycles. The number of rotatable bonds is 5. The molecular formula is C49H36N2O. The van der Waals surface area contributed by atoms with Gasteiger partial charge in [0.15, 0.2) is 11.5 Å². The monoisotopic (exact) mass is 668 g/mol. The third-order valence-electron chi connectivity index (χ3n) is 10.8. The Morgan fingerprint density at radius 3 is 1.98 bits per heavy atom. The van der Waals surface area contributed by atoms with Crippen LogP contribution >= 0.6 is 0 Å². The van der Waals surface area contributed by atoms with Crippen molar-refractivity contribution in [2.24, 2.45) is 0 Å². The quantitative estimate of drug-likeness (QED) is 0.182. The van der Waals surface area contributed by atoms with E-state index in [1.54, 1.807) is 0 Å². The Bertz CT molecular complexity index is 2640. The lowest BCUT2D eigenvalue weighted by atomic mass is 9.72. The van der Waals surface area contributed by atoms with Crippen molar-refractivity contribution in [2.75, 3.05) is 9.80 Å². The highest BCUT2D eigenvalue weighted by atomic mass is 16.5. The molecule has 0 aliphatic carbocycles. The predicted octanol–water partition coefficient (Wildman–Crippen LogP) is 13.9. The van der Waals surface area contributed by atoms with Gasteiger partial charge in [0.1, 0.15) is 0 Å². The van der Waals surface area contributed by atoms with Crippen LogP contribution in [-0.4, -0.2) is 0 Å². The van der Waals surface area contributed by atoms with Crippen molar-refractivity contribution in [2.45, 2.75) is 19.3 Å². The van der Waals surface area contributed by atoms with Crippen molar-refractivity contribution in [1.82, 2.24) is 0 Å². The van der Waals surface area contributed by atoms with Gasteiger partial charge in [-0.25, -0.2) is 0 Å². The summed E-state index contributed by atoms with van der Waals surface area (Å²) in [6, 6.07) is 65.3. The number of hydrogen-bond donors (Lipinski definition) is 0. The summed E-state index contributed by atoms with van der Waals surface area (Å²) < 4.78 is 7.04. The highest BCUT2D eigenvalue weighted by Gasteiger charge is 2.44. The van der Waals surface area contributed by atoms with E-state index in [1.807, 2.05) is 0 Å². The van der Waals surface area contributed by atoms with Crippen molar-refractivity contribution >= 4 is 44.9 Å². The summed E-state index contributed by atoms with van der Waals surface area (Å²) in [5.74, 6) is 1.73. The van der Waals surface area contributed by atoms with Gasteiger partial charge in [-0.3, -0.25) is 0 Å². The van der Waals surface area contributed by atoms with Crippen LogP contribution in [0.1, 0.15) is 25.0 Å². The van der Waals surface area contributed by atoms with Crippen LogP contribution in [0.2, 0.25) is 0 Å². The molecule has 2 heterocycles. The van der Waals surface area contributed by atoms with E-state index in [4.69, 9.17) is 4.74 Å². The molecule has 2 aliphatic rings. The van der Waals surface area contributed by atoms with Crippen LogP contribution in [0.25, 0.3) is 33.0 Å². The van der Waals surface area contributed by atoms with Crippen molar-refractivity contribution < 1.29 is 4.74 Å². The highest BCUT2D eigenvalue weighted by Crippen LogP contribution is 2.63. The van der Waals surface area contributed by atoms with Crippen LogP contribution < -0.4 is 14.5 Å². The maximum absolute atomic E-state index is 7.04. The van der Waals surface area contributed by atoms with Crippen LogP contribution in [-0.2, 0) is 5.41 Å².